The Labute approximate surface area is 148 Å². The van der Waals surface area contributed by atoms with Crippen LogP contribution in [0.3, 0.4) is 0 Å². The SMILES string of the molecule is C1CCCC1.CC(=O)OCC1CCCC1[P+](C)(C)c1ccccc1. The van der Waals surface area contributed by atoms with Crippen molar-refractivity contribution in [3.05, 3.63) is 30.3 Å². The number of hydrogen-bond acceptors (Lipinski definition) is 2. The monoisotopic (exact) mass is 349 g/mol. The van der Waals surface area contributed by atoms with Crippen LogP contribution in [0.4, 0.5) is 0 Å². The van der Waals surface area contributed by atoms with Crippen molar-refractivity contribution >= 4 is 18.5 Å². The van der Waals surface area contributed by atoms with Crippen LogP contribution in [0.1, 0.15) is 58.3 Å². The average Bonchev–Trinajstić information content (AvgIpc) is 3.28. The number of hydrogen-bond donors (Lipinski definition) is 0. The molecule has 2 fully saturated rings. The number of carbonyl (C=O) groups excluding carboxylic acids is 1. The first-order valence-electron chi connectivity index (χ1n) is 9.54. The molecule has 0 saturated heterocycles. The highest BCUT2D eigenvalue weighted by Crippen LogP contribution is 2.61. The summed E-state index contributed by atoms with van der Waals surface area (Å²) >= 11 is 0. The van der Waals surface area contributed by atoms with Gasteiger partial charge in [-0.25, -0.2) is 0 Å². The Morgan fingerprint density at radius 2 is 1.58 bits per heavy atom. The van der Waals surface area contributed by atoms with Gasteiger partial charge in [-0.2, -0.15) is 0 Å². The van der Waals surface area contributed by atoms with Crippen molar-refractivity contribution in [3.63, 3.8) is 0 Å². The summed E-state index contributed by atoms with van der Waals surface area (Å²) in [5, 5.41) is 1.50. The molecule has 24 heavy (non-hydrogen) atoms. The molecule has 0 N–H and O–H groups in total. The minimum Gasteiger partial charge on any atom is -0.465 e. The molecule has 0 spiro atoms. The minimum atomic E-state index is -1.15. The van der Waals surface area contributed by atoms with Crippen LogP contribution in [0, 0.1) is 5.92 Å². The lowest BCUT2D eigenvalue weighted by Crippen LogP contribution is -2.28. The maximum atomic E-state index is 11.0. The van der Waals surface area contributed by atoms with E-state index >= 15 is 0 Å². The van der Waals surface area contributed by atoms with E-state index < -0.39 is 7.26 Å². The molecular formula is C21H34O2P+. The summed E-state index contributed by atoms with van der Waals surface area (Å²) in [6.45, 7) is 6.97. The molecule has 134 valence electrons. The van der Waals surface area contributed by atoms with Gasteiger partial charge >= 0.3 is 5.97 Å². The molecule has 1 aromatic carbocycles. The Morgan fingerprint density at radius 3 is 2.12 bits per heavy atom. The first kappa shape index (κ1) is 19.4. The summed E-state index contributed by atoms with van der Waals surface area (Å²) in [5.74, 6) is 0.397. The molecule has 0 amide bonds. The second kappa shape index (κ2) is 9.56. The summed E-state index contributed by atoms with van der Waals surface area (Å²) < 4.78 is 5.27. The molecule has 0 bridgehead atoms. The molecule has 2 nitrogen and oxygen atoms in total. The van der Waals surface area contributed by atoms with Crippen LogP contribution in [0.15, 0.2) is 30.3 Å². The number of rotatable bonds is 4. The Morgan fingerprint density at radius 1 is 1.00 bits per heavy atom. The second-order valence-corrected chi connectivity index (χ2v) is 12.0. The quantitative estimate of drug-likeness (QED) is 0.547. The molecule has 2 saturated carbocycles. The maximum Gasteiger partial charge on any atom is 0.302 e. The van der Waals surface area contributed by atoms with Gasteiger partial charge in [0.1, 0.15) is 0 Å². The largest absolute Gasteiger partial charge is 0.465 e. The van der Waals surface area contributed by atoms with Crippen LogP contribution in [0.25, 0.3) is 0 Å². The third-order valence-corrected chi connectivity index (χ3v) is 9.59. The lowest BCUT2D eigenvalue weighted by Gasteiger charge is -2.29. The third kappa shape index (κ3) is 5.59. The zero-order chi connectivity index (χ0) is 17.4. The third-order valence-electron chi connectivity index (χ3n) is 5.62. The van der Waals surface area contributed by atoms with Gasteiger partial charge in [0.05, 0.1) is 30.9 Å². The first-order chi connectivity index (χ1) is 11.5. The standard InChI is InChI=1S/C16H24O2P.C5H10/c1-13(17)18-12-14-8-7-11-16(14)19(2,3)15-9-5-4-6-10-15;1-2-4-5-3-1/h4-6,9-10,14,16H,7-8,11-12H2,1-3H3;1-5H2/q+1;. The van der Waals surface area contributed by atoms with Crippen molar-refractivity contribution in [2.75, 3.05) is 19.9 Å². The Hall–Kier alpha value is -0.880. The van der Waals surface area contributed by atoms with E-state index in [4.69, 9.17) is 4.74 Å². The predicted molar refractivity (Wildman–Crippen MR) is 106 cm³/mol. The van der Waals surface area contributed by atoms with Crippen molar-refractivity contribution in [1.29, 1.82) is 0 Å². The van der Waals surface area contributed by atoms with Gasteiger partial charge < -0.3 is 4.74 Å². The molecule has 2 aliphatic carbocycles. The molecule has 1 aromatic rings. The van der Waals surface area contributed by atoms with Crippen molar-refractivity contribution in [1.82, 2.24) is 0 Å². The van der Waals surface area contributed by atoms with Gasteiger partial charge in [-0.1, -0.05) is 50.3 Å². The highest BCUT2D eigenvalue weighted by molar-refractivity contribution is 7.82. The number of esters is 1. The molecular weight excluding hydrogens is 315 g/mol. The Bertz CT molecular complexity index is 486. The van der Waals surface area contributed by atoms with Gasteiger partial charge in [-0.05, 0) is 31.4 Å². The number of carbonyl (C=O) groups is 1. The van der Waals surface area contributed by atoms with Crippen LogP contribution in [0.5, 0.6) is 0 Å². The van der Waals surface area contributed by atoms with Gasteiger partial charge in [0.15, 0.2) is 0 Å². The zero-order valence-corrected chi connectivity index (χ0v) is 16.6. The molecule has 2 atom stereocenters. The van der Waals surface area contributed by atoms with E-state index in [1.165, 1.54) is 63.6 Å². The smallest absolute Gasteiger partial charge is 0.302 e. The van der Waals surface area contributed by atoms with Gasteiger partial charge in [0.25, 0.3) is 0 Å². The molecule has 3 rings (SSSR count). The van der Waals surface area contributed by atoms with Crippen molar-refractivity contribution in [2.24, 2.45) is 5.92 Å². The molecule has 0 radical (unpaired) electrons. The Kier molecular flexibility index (Phi) is 7.75. The number of ether oxygens (including phenoxy) is 1. The highest BCUT2D eigenvalue weighted by atomic mass is 31.2. The van der Waals surface area contributed by atoms with Gasteiger partial charge in [-0.3, -0.25) is 4.79 Å². The predicted octanol–water partition coefficient (Wildman–Crippen LogP) is 5.27. The number of benzene rings is 1. The second-order valence-electron chi connectivity index (χ2n) is 7.70. The van der Waals surface area contributed by atoms with Gasteiger partial charge in [-0.15, -0.1) is 0 Å². The van der Waals surface area contributed by atoms with Crippen molar-refractivity contribution < 1.29 is 9.53 Å². The maximum absolute atomic E-state index is 11.0. The van der Waals surface area contributed by atoms with E-state index in [2.05, 4.69) is 43.7 Å². The first-order valence-corrected chi connectivity index (χ1v) is 12.3. The van der Waals surface area contributed by atoms with Crippen LogP contribution >= 0.6 is 7.26 Å². The summed E-state index contributed by atoms with van der Waals surface area (Å²) in [6.07, 6.45) is 11.3. The van der Waals surface area contributed by atoms with E-state index in [0.717, 1.165) is 0 Å². The summed E-state index contributed by atoms with van der Waals surface area (Å²) in [6, 6.07) is 10.9. The van der Waals surface area contributed by atoms with E-state index in [0.29, 0.717) is 18.2 Å². The van der Waals surface area contributed by atoms with Gasteiger partial charge in [0.2, 0.25) is 0 Å². The fourth-order valence-electron chi connectivity index (χ4n) is 4.17. The van der Waals surface area contributed by atoms with Crippen LogP contribution in [-0.4, -0.2) is 31.6 Å². The fourth-order valence-corrected chi connectivity index (χ4v) is 7.61. The van der Waals surface area contributed by atoms with Crippen molar-refractivity contribution in [2.45, 2.75) is 63.9 Å². The van der Waals surface area contributed by atoms with E-state index in [1.54, 1.807) is 0 Å². The molecule has 0 heterocycles. The minimum absolute atomic E-state index is 0.151. The molecule has 2 unspecified atom stereocenters. The van der Waals surface area contributed by atoms with Crippen LogP contribution < -0.4 is 5.30 Å². The summed E-state index contributed by atoms with van der Waals surface area (Å²) in [4.78, 5) is 11.0. The van der Waals surface area contributed by atoms with E-state index in [9.17, 15) is 4.79 Å². The van der Waals surface area contributed by atoms with Crippen LogP contribution in [-0.2, 0) is 9.53 Å². The average molecular weight is 349 g/mol. The fraction of sp³-hybridized carbons (Fsp3) is 0.667. The van der Waals surface area contributed by atoms with Crippen LogP contribution in [0.2, 0.25) is 0 Å². The summed E-state index contributed by atoms with van der Waals surface area (Å²) in [5.41, 5.74) is 0.703. The van der Waals surface area contributed by atoms with Gasteiger partial charge in [0, 0.05) is 20.1 Å². The van der Waals surface area contributed by atoms with Crippen molar-refractivity contribution in [3.8, 4) is 0 Å². The van der Waals surface area contributed by atoms with E-state index in [-0.39, 0.29) is 5.97 Å². The molecule has 0 aliphatic heterocycles. The zero-order valence-electron chi connectivity index (χ0n) is 15.7. The normalized spacial score (nSPS) is 23.5. The lowest BCUT2D eigenvalue weighted by molar-refractivity contribution is -0.142. The topological polar surface area (TPSA) is 26.3 Å². The molecule has 2 aliphatic rings. The molecule has 3 heteroatoms. The Balaban J connectivity index is 0.000000355. The van der Waals surface area contributed by atoms with E-state index in [1.807, 2.05) is 0 Å². The summed E-state index contributed by atoms with van der Waals surface area (Å²) in [7, 11) is -1.15. The highest BCUT2D eigenvalue weighted by Gasteiger charge is 2.46. The molecule has 0 aromatic heterocycles. The lowest BCUT2D eigenvalue weighted by atomic mass is 10.1.